The van der Waals surface area contributed by atoms with Crippen LogP contribution in [0.2, 0.25) is 0 Å². The van der Waals surface area contributed by atoms with E-state index in [1.165, 1.54) is 0 Å². The van der Waals surface area contributed by atoms with E-state index in [2.05, 4.69) is 13.8 Å². The third-order valence-electron chi connectivity index (χ3n) is 3.26. The van der Waals surface area contributed by atoms with E-state index in [1.807, 2.05) is 18.2 Å². The molecule has 3 heteroatoms. The van der Waals surface area contributed by atoms with E-state index in [4.69, 9.17) is 14.6 Å². The molecule has 3 nitrogen and oxygen atoms in total. The average molecular weight is 236 g/mol. The first kappa shape index (κ1) is 12.2. The summed E-state index contributed by atoms with van der Waals surface area (Å²) in [7, 11) is 1.66. The van der Waals surface area contributed by atoms with Crippen molar-refractivity contribution in [3.63, 3.8) is 0 Å². The summed E-state index contributed by atoms with van der Waals surface area (Å²) in [5, 5.41) is 9.17. The molecule has 0 aromatic heterocycles. The lowest BCUT2D eigenvalue weighted by Gasteiger charge is -2.37. The summed E-state index contributed by atoms with van der Waals surface area (Å²) in [6.07, 6.45) is 1.70. The molecule has 0 amide bonds. The second-order valence-electron chi connectivity index (χ2n) is 5.18. The molecular formula is C14H20O3. The van der Waals surface area contributed by atoms with Gasteiger partial charge < -0.3 is 14.6 Å². The van der Waals surface area contributed by atoms with Crippen molar-refractivity contribution in [2.24, 2.45) is 0 Å². The Labute approximate surface area is 102 Å². The van der Waals surface area contributed by atoms with E-state index >= 15 is 0 Å². The molecule has 1 unspecified atom stereocenters. The number of methoxy groups -OCH3 is 1. The van der Waals surface area contributed by atoms with E-state index < -0.39 is 0 Å². The van der Waals surface area contributed by atoms with Crippen molar-refractivity contribution >= 4 is 0 Å². The zero-order valence-corrected chi connectivity index (χ0v) is 10.7. The van der Waals surface area contributed by atoms with E-state index in [-0.39, 0.29) is 12.2 Å². The molecule has 0 saturated carbocycles. The Bertz CT molecular complexity index is 398. The molecule has 0 aliphatic carbocycles. The molecule has 1 heterocycles. The molecule has 0 fully saturated rings. The number of aliphatic hydroxyl groups is 1. The van der Waals surface area contributed by atoms with Crippen LogP contribution in [0.1, 0.15) is 38.2 Å². The Balaban J connectivity index is 2.38. The molecule has 0 radical (unpaired) electrons. The summed E-state index contributed by atoms with van der Waals surface area (Å²) in [5.74, 6) is 2.10. The number of aliphatic hydroxyl groups excluding tert-OH is 1. The molecule has 0 spiro atoms. The van der Waals surface area contributed by atoms with Crippen molar-refractivity contribution in [3.8, 4) is 11.5 Å². The maximum atomic E-state index is 9.17. The predicted octanol–water partition coefficient (Wildman–Crippen LogP) is 2.72. The summed E-state index contributed by atoms with van der Waals surface area (Å²) in [5.41, 5.74) is 0.985. The molecular weight excluding hydrogens is 216 g/mol. The zero-order valence-electron chi connectivity index (χ0n) is 10.7. The Hall–Kier alpha value is -1.22. The van der Waals surface area contributed by atoms with Crippen molar-refractivity contribution in [1.82, 2.24) is 0 Å². The van der Waals surface area contributed by atoms with Crippen LogP contribution >= 0.6 is 0 Å². The van der Waals surface area contributed by atoms with E-state index in [1.54, 1.807) is 7.11 Å². The highest BCUT2D eigenvalue weighted by Crippen LogP contribution is 2.43. The van der Waals surface area contributed by atoms with Crippen molar-refractivity contribution in [1.29, 1.82) is 0 Å². The maximum Gasteiger partial charge on any atom is 0.123 e. The van der Waals surface area contributed by atoms with Crippen molar-refractivity contribution in [2.75, 3.05) is 13.7 Å². The van der Waals surface area contributed by atoms with Crippen LogP contribution in [0.4, 0.5) is 0 Å². The van der Waals surface area contributed by atoms with Gasteiger partial charge >= 0.3 is 0 Å². The van der Waals surface area contributed by atoms with Gasteiger partial charge in [0.1, 0.15) is 17.1 Å². The van der Waals surface area contributed by atoms with Crippen LogP contribution < -0.4 is 9.47 Å². The fourth-order valence-electron chi connectivity index (χ4n) is 2.52. The smallest absolute Gasteiger partial charge is 0.123 e. The average Bonchev–Trinajstić information content (AvgIpc) is 2.27. The highest BCUT2D eigenvalue weighted by atomic mass is 16.5. The van der Waals surface area contributed by atoms with Gasteiger partial charge in [0, 0.05) is 12.2 Å². The molecule has 1 aromatic carbocycles. The quantitative estimate of drug-likeness (QED) is 0.877. The Kier molecular flexibility index (Phi) is 3.29. The third kappa shape index (κ3) is 2.55. The molecule has 17 heavy (non-hydrogen) atoms. The van der Waals surface area contributed by atoms with Crippen LogP contribution in [-0.2, 0) is 0 Å². The minimum Gasteiger partial charge on any atom is -0.497 e. The molecule has 1 atom stereocenters. The lowest BCUT2D eigenvalue weighted by Crippen LogP contribution is -2.35. The number of rotatable bonds is 3. The largest absolute Gasteiger partial charge is 0.497 e. The van der Waals surface area contributed by atoms with Gasteiger partial charge in [-0.05, 0) is 50.8 Å². The highest BCUT2D eigenvalue weighted by Gasteiger charge is 2.33. The molecule has 1 N–H and O–H groups in total. The first-order valence-corrected chi connectivity index (χ1v) is 6.03. The molecule has 1 aliphatic heterocycles. The fourth-order valence-corrected chi connectivity index (χ4v) is 2.52. The first-order valence-electron chi connectivity index (χ1n) is 6.03. The minimum atomic E-state index is -0.165. The molecule has 1 aliphatic rings. The molecule has 94 valence electrons. The number of hydrogen-bond acceptors (Lipinski definition) is 3. The van der Waals surface area contributed by atoms with Crippen LogP contribution in [-0.4, -0.2) is 24.4 Å². The van der Waals surface area contributed by atoms with E-state index in [0.717, 1.165) is 29.9 Å². The minimum absolute atomic E-state index is 0.165. The number of benzene rings is 1. The van der Waals surface area contributed by atoms with Gasteiger partial charge in [-0.15, -0.1) is 0 Å². The Morgan fingerprint density at radius 2 is 2.24 bits per heavy atom. The summed E-state index contributed by atoms with van der Waals surface area (Å²) in [4.78, 5) is 0. The van der Waals surface area contributed by atoms with Crippen molar-refractivity contribution < 1.29 is 14.6 Å². The van der Waals surface area contributed by atoms with Gasteiger partial charge in [-0.1, -0.05) is 0 Å². The van der Waals surface area contributed by atoms with Gasteiger partial charge in [-0.25, -0.2) is 0 Å². The zero-order chi connectivity index (χ0) is 12.5. The number of fused-ring (bicyclic) bond motifs is 1. The van der Waals surface area contributed by atoms with Crippen molar-refractivity contribution in [2.45, 2.75) is 38.2 Å². The fraction of sp³-hybridized carbons (Fsp3) is 0.571. The topological polar surface area (TPSA) is 38.7 Å². The standard InChI is InChI=1S/C14H20O3/c1-14(2)9-10(6-7-15)12-8-11(16-3)4-5-13(12)17-14/h4-5,8,10,15H,6-7,9H2,1-3H3. The van der Waals surface area contributed by atoms with Gasteiger partial charge in [0.2, 0.25) is 0 Å². The summed E-state index contributed by atoms with van der Waals surface area (Å²) in [6.45, 7) is 4.38. The second kappa shape index (κ2) is 4.57. The molecule has 1 aromatic rings. The van der Waals surface area contributed by atoms with E-state index in [0.29, 0.717) is 5.92 Å². The lowest BCUT2D eigenvalue weighted by molar-refractivity contribution is 0.0670. The van der Waals surface area contributed by atoms with Gasteiger partial charge in [-0.2, -0.15) is 0 Å². The second-order valence-corrected chi connectivity index (χ2v) is 5.18. The van der Waals surface area contributed by atoms with Crippen LogP contribution in [0.25, 0.3) is 0 Å². The van der Waals surface area contributed by atoms with Crippen LogP contribution in [0.15, 0.2) is 18.2 Å². The predicted molar refractivity (Wildman–Crippen MR) is 66.8 cm³/mol. The monoisotopic (exact) mass is 236 g/mol. The van der Waals surface area contributed by atoms with Crippen LogP contribution in [0.3, 0.4) is 0 Å². The summed E-state index contributed by atoms with van der Waals surface area (Å²) < 4.78 is 11.2. The molecule has 0 bridgehead atoms. The normalized spacial score (nSPS) is 21.5. The van der Waals surface area contributed by atoms with Gasteiger partial charge in [-0.3, -0.25) is 0 Å². The Morgan fingerprint density at radius 3 is 2.88 bits per heavy atom. The lowest BCUT2D eigenvalue weighted by atomic mass is 9.82. The van der Waals surface area contributed by atoms with Crippen molar-refractivity contribution in [3.05, 3.63) is 23.8 Å². The molecule has 2 rings (SSSR count). The maximum absolute atomic E-state index is 9.17. The van der Waals surface area contributed by atoms with Gasteiger partial charge in [0.25, 0.3) is 0 Å². The number of hydrogen-bond donors (Lipinski definition) is 1. The van der Waals surface area contributed by atoms with Gasteiger partial charge in [0.15, 0.2) is 0 Å². The Morgan fingerprint density at radius 1 is 1.47 bits per heavy atom. The van der Waals surface area contributed by atoms with Crippen LogP contribution in [0, 0.1) is 0 Å². The van der Waals surface area contributed by atoms with E-state index in [9.17, 15) is 0 Å². The SMILES string of the molecule is COc1ccc2c(c1)C(CCO)CC(C)(C)O2. The number of ether oxygens (including phenoxy) is 2. The third-order valence-corrected chi connectivity index (χ3v) is 3.26. The highest BCUT2D eigenvalue weighted by molar-refractivity contribution is 5.44. The van der Waals surface area contributed by atoms with Crippen LogP contribution in [0.5, 0.6) is 11.5 Å². The van der Waals surface area contributed by atoms with Gasteiger partial charge in [0.05, 0.1) is 7.11 Å². The molecule has 0 saturated heterocycles. The summed E-state index contributed by atoms with van der Waals surface area (Å²) in [6, 6.07) is 5.89. The summed E-state index contributed by atoms with van der Waals surface area (Å²) >= 11 is 0. The first-order chi connectivity index (χ1) is 8.05.